The molecule has 2 saturated heterocycles. The lowest BCUT2D eigenvalue weighted by atomic mass is 9.76. The van der Waals surface area contributed by atoms with E-state index in [1.807, 2.05) is 0 Å². The minimum Gasteiger partial charge on any atom is -0.445 e. The second-order valence-electron chi connectivity index (χ2n) is 12.0. The minimum absolute atomic E-state index is 0.166. The van der Waals surface area contributed by atoms with Crippen molar-refractivity contribution in [1.29, 1.82) is 0 Å². The van der Waals surface area contributed by atoms with Crippen LogP contribution in [-0.4, -0.2) is 38.2 Å². The van der Waals surface area contributed by atoms with Gasteiger partial charge in [-0.3, -0.25) is 4.90 Å². The number of amides is 1. The Morgan fingerprint density at radius 1 is 0.755 bits per heavy atom. The van der Waals surface area contributed by atoms with E-state index in [1.165, 1.54) is 13.1 Å². The summed E-state index contributed by atoms with van der Waals surface area (Å²) in [6.07, 6.45) is -24.6. The van der Waals surface area contributed by atoms with Crippen molar-refractivity contribution in [2.75, 3.05) is 6.54 Å². The zero-order valence-corrected chi connectivity index (χ0v) is 26.2. The first-order chi connectivity index (χ1) is 22.4. The first kappa shape index (κ1) is 36.5. The predicted octanol–water partition coefficient (Wildman–Crippen LogP) is 9.53. The Labute approximate surface area is 271 Å². The number of halogens is 12. The molecular formula is C31H25F12NO4Si. The van der Waals surface area contributed by atoms with E-state index in [4.69, 9.17) is 13.6 Å². The molecule has 49 heavy (non-hydrogen) atoms. The van der Waals surface area contributed by atoms with Crippen LogP contribution in [0.25, 0.3) is 0 Å². The minimum atomic E-state index is -5.47. The monoisotopic (exact) mass is 731 g/mol. The van der Waals surface area contributed by atoms with Gasteiger partial charge in [-0.25, -0.2) is 4.79 Å². The van der Waals surface area contributed by atoms with Gasteiger partial charge in [0.2, 0.25) is 0 Å². The molecule has 5 rings (SSSR count). The number of alkyl halides is 12. The number of hydrogen-bond donors (Lipinski definition) is 0. The molecule has 0 aliphatic carbocycles. The number of rotatable bonds is 4. The number of carbonyl (C=O) groups is 1. The molecule has 0 spiro atoms. The fourth-order valence-electron chi connectivity index (χ4n) is 6.16. The summed E-state index contributed by atoms with van der Waals surface area (Å²) in [5.74, 6) is 0. The summed E-state index contributed by atoms with van der Waals surface area (Å²) in [7, 11) is -3.89. The van der Waals surface area contributed by atoms with Gasteiger partial charge in [0.25, 0.3) is 0 Å². The molecule has 0 aromatic heterocycles. The van der Waals surface area contributed by atoms with Crippen molar-refractivity contribution in [3.05, 3.63) is 106 Å². The van der Waals surface area contributed by atoms with Crippen molar-refractivity contribution in [3.8, 4) is 0 Å². The van der Waals surface area contributed by atoms with E-state index in [0.717, 1.165) is 4.90 Å². The molecule has 3 aromatic rings. The van der Waals surface area contributed by atoms with E-state index in [1.54, 1.807) is 30.3 Å². The predicted molar refractivity (Wildman–Crippen MR) is 149 cm³/mol. The number of carbonyl (C=O) groups excluding carboxylic acids is 1. The Morgan fingerprint density at radius 3 is 1.59 bits per heavy atom. The molecule has 2 fully saturated rings. The van der Waals surface area contributed by atoms with Gasteiger partial charge in [0.15, 0.2) is 0 Å². The Morgan fingerprint density at radius 2 is 1.18 bits per heavy atom. The number of ether oxygens (including phenoxy) is 1. The lowest BCUT2D eigenvalue weighted by molar-refractivity contribution is -0.144. The van der Waals surface area contributed by atoms with Gasteiger partial charge < -0.3 is 13.6 Å². The Kier molecular flexibility index (Phi) is 9.11. The molecule has 0 saturated carbocycles. The summed E-state index contributed by atoms with van der Waals surface area (Å²) in [4.78, 5) is 14.4. The third-order valence-corrected chi connectivity index (χ3v) is 9.78. The van der Waals surface area contributed by atoms with Crippen LogP contribution in [0.5, 0.6) is 0 Å². The number of likely N-dealkylation sites (tertiary alicyclic amines) is 1. The standard InChI is InChI=1S/C31H25F12NO4Si/c1-49(2)47-24-14-25(44(15-24)26(45)46-16-17-6-4-3-5-7-17)27(48-49,18-8-20(28(32,33)34)12-21(9-18)29(35,36)37)19-10-22(30(38,39)40)13-23(11-19)31(41,42)43/h3-13,24-25H,14-16H2,1-2H3/t24-,25-/m0/s1. The average Bonchev–Trinajstić information content (AvgIpc) is 3.34. The second-order valence-corrected chi connectivity index (χ2v) is 15.3. The summed E-state index contributed by atoms with van der Waals surface area (Å²) >= 11 is 0. The van der Waals surface area contributed by atoms with Crippen LogP contribution >= 0.6 is 0 Å². The molecule has 2 bridgehead atoms. The van der Waals surface area contributed by atoms with Gasteiger partial charge in [0.05, 0.1) is 34.4 Å². The largest absolute Gasteiger partial charge is 0.445 e. The maximum atomic E-state index is 14.2. The SMILES string of the molecule is C[Si]1(C)O[C@H]2C[C@H](N(C(=O)OCc3ccccc3)C2)C(c2cc(C(F)(F)F)cc(C(F)(F)F)c2)(c2cc(C(F)(F)F)cc(C(F)(F)F)c2)O1. The van der Waals surface area contributed by atoms with Crippen molar-refractivity contribution in [2.24, 2.45) is 0 Å². The van der Waals surface area contributed by atoms with Gasteiger partial charge in [-0.15, -0.1) is 0 Å². The van der Waals surface area contributed by atoms with E-state index in [9.17, 15) is 57.5 Å². The van der Waals surface area contributed by atoms with Crippen LogP contribution in [0, 0.1) is 0 Å². The maximum absolute atomic E-state index is 14.2. The molecular weight excluding hydrogens is 706 g/mol. The van der Waals surface area contributed by atoms with Gasteiger partial charge in [-0.2, -0.15) is 52.7 Å². The second kappa shape index (κ2) is 12.2. The third-order valence-electron chi connectivity index (χ3n) is 8.06. The molecule has 2 aliphatic heterocycles. The molecule has 18 heteroatoms. The van der Waals surface area contributed by atoms with Crippen molar-refractivity contribution in [1.82, 2.24) is 4.90 Å². The van der Waals surface area contributed by atoms with Gasteiger partial charge in [-0.1, -0.05) is 30.3 Å². The van der Waals surface area contributed by atoms with Crippen LogP contribution in [0.2, 0.25) is 13.1 Å². The van der Waals surface area contributed by atoms with Crippen molar-refractivity contribution in [2.45, 2.75) is 68.6 Å². The van der Waals surface area contributed by atoms with E-state index in [-0.39, 0.29) is 43.0 Å². The quantitative estimate of drug-likeness (QED) is 0.198. The van der Waals surface area contributed by atoms with Crippen LogP contribution in [0.15, 0.2) is 66.7 Å². The highest BCUT2D eigenvalue weighted by molar-refractivity contribution is 6.64. The first-order valence-corrected chi connectivity index (χ1v) is 17.2. The van der Waals surface area contributed by atoms with Crippen molar-refractivity contribution >= 4 is 14.7 Å². The molecule has 0 radical (unpaired) electrons. The zero-order chi connectivity index (χ0) is 36.4. The molecule has 2 atom stereocenters. The highest BCUT2D eigenvalue weighted by Gasteiger charge is 2.60. The van der Waals surface area contributed by atoms with Crippen LogP contribution in [0.3, 0.4) is 0 Å². The van der Waals surface area contributed by atoms with E-state index < -0.39 is 103 Å². The topological polar surface area (TPSA) is 48.0 Å². The van der Waals surface area contributed by atoms with Gasteiger partial charge in [-0.05, 0) is 72.6 Å². The fraction of sp³-hybridized carbons (Fsp3) is 0.387. The Balaban J connectivity index is 1.85. The lowest BCUT2D eigenvalue weighted by Crippen LogP contribution is -2.57. The summed E-state index contributed by atoms with van der Waals surface area (Å²) < 4.78 is 187. The van der Waals surface area contributed by atoms with Crippen molar-refractivity contribution in [3.63, 3.8) is 0 Å². The summed E-state index contributed by atoms with van der Waals surface area (Å²) in [5, 5.41) is 0. The van der Waals surface area contributed by atoms with Gasteiger partial charge in [0, 0.05) is 6.54 Å². The normalized spacial score (nSPS) is 21.0. The van der Waals surface area contributed by atoms with Crippen LogP contribution in [-0.2, 0) is 50.5 Å². The average molecular weight is 732 g/mol. The molecule has 2 aliphatic rings. The summed E-state index contributed by atoms with van der Waals surface area (Å²) in [6, 6.07) is 6.35. The summed E-state index contributed by atoms with van der Waals surface area (Å²) in [5.41, 5.74) is -12.4. The Bertz CT molecular complexity index is 1560. The molecule has 2 heterocycles. The van der Waals surface area contributed by atoms with Crippen LogP contribution < -0.4 is 0 Å². The molecule has 5 nitrogen and oxygen atoms in total. The van der Waals surface area contributed by atoms with Crippen LogP contribution in [0.1, 0.15) is 45.4 Å². The van der Waals surface area contributed by atoms with Gasteiger partial charge in [0.1, 0.15) is 12.2 Å². The van der Waals surface area contributed by atoms with E-state index in [0.29, 0.717) is 5.56 Å². The number of benzene rings is 3. The molecule has 3 aromatic carbocycles. The highest BCUT2D eigenvalue weighted by atomic mass is 28.4. The number of fused-ring (bicyclic) bond motifs is 2. The van der Waals surface area contributed by atoms with Crippen LogP contribution in [0.4, 0.5) is 57.5 Å². The fourth-order valence-corrected chi connectivity index (χ4v) is 8.33. The third kappa shape index (κ3) is 7.55. The van der Waals surface area contributed by atoms with E-state index >= 15 is 0 Å². The lowest BCUT2D eigenvalue weighted by Gasteiger charge is -2.47. The molecule has 1 amide bonds. The Hall–Kier alpha value is -3.77. The van der Waals surface area contributed by atoms with E-state index in [2.05, 4.69) is 0 Å². The molecule has 0 unspecified atom stereocenters. The van der Waals surface area contributed by atoms with Gasteiger partial charge >= 0.3 is 39.4 Å². The summed E-state index contributed by atoms with van der Waals surface area (Å²) in [6.45, 7) is 1.75. The zero-order valence-electron chi connectivity index (χ0n) is 25.2. The smallest absolute Gasteiger partial charge is 0.416 e. The maximum Gasteiger partial charge on any atom is 0.416 e. The number of hydrogen-bond acceptors (Lipinski definition) is 4. The molecule has 0 N–H and O–H groups in total. The molecule has 266 valence electrons. The van der Waals surface area contributed by atoms with Crippen molar-refractivity contribution < 1.29 is 71.1 Å². The first-order valence-electron chi connectivity index (χ1n) is 14.4. The highest BCUT2D eigenvalue weighted by Crippen LogP contribution is 2.52. The number of nitrogens with zero attached hydrogens (tertiary/aromatic N) is 1.